The van der Waals surface area contributed by atoms with Gasteiger partial charge in [-0.25, -0.2) is 13.9 Å². The number of ether oxygens (including phenoxy) is 1. The number of aryl methyl sites for hydroxylation is 2. The second-order valence-electron chi connectivity index (χ2n) is 6.85. The van der Waals surface area contributed by atoms with E-state index in [2.05, 4.69) is 5.10 Å². The van der Waals surface area contributed by atoms with E-state index in [1.54, 1.807) is 35.0 Å². The number of Topliss-reactive ketones (excluding diaryl/α,β-unsaturated/α-hetero) is 1. The molecule has 2 heterocycles. The SMILES string of the molecule is CCc1ccc(C(=O)COC(=O)c2cc3c(C)nn(-c4ccc(F)cc4)c3s2)cc1. The summed E-state index contributed by atoms with van der Waals surface area (Å²) in [6, 6.07) is 15.0. The highest BCUT2D eigenvalue weighted by Crippen LogP contribution is 2.31. The molecule has 0 fully saturated rings. The van der Waals surface area contributed by atoms with Gasteiger partial charge < -0.3 is 4.74 Å². The summed E-state index contributed by atoms with van der Waals surface area (Å²) in [4.78, 5) is 26.0. The molecule has 0 radical (unpaired) electrons. The molecule has 4 aromatic rings. The number of ketones is 1. The van der Waals surface area contributed by atoms with Crippen LogP contribution in [0.25, 0.3) is 15.9 Å². The number of carbonyl (C=O) groups excluding carboxylic acids is 2. The largest absolute Gasteiger partial charge is 0.453 e. The molecule has 0 unspecified atom stereocenters. The fraction of sp³-hybridized carbons (Fsp3) is 0.174. The average molecular weight is 422 g/mol. The van der Waals surface area contributed by atoms with Crippen molar-refractivity contribution >= 4 is 33.3 Å². The van der Waals surface area contributed by atoms with Gasteiger partial charge in [-0.15, -0.1) is 11.3 Å². The Morgan fingerprint density at radius 2 is 1.80 bits per heavy atom. The number of benzene rings is 2. The van der Waals surface area contributed by atoms with E-state index in [4.69, 9.17) is 4.74 Å². The van der Waals surface area contributed by atoms with Gasteiger partial charge in [-0.1, -0.05) is 31.2 Å². The second-order valence-corrected chi connectivity index (χ2v) is 7.88. The first kappa shape index (κ1) is 20.0. The Morgan fingerprint density at radius 1 is 1.10 bits per heavy atom. The van der Waals surface area contributed by atoms with Gasteiger partial charge >= 0.3 is 5.97 Å². The van der Waals surface area contributed by atoms with Gasteiger partial charge in [0.1, 0.15) is 15.5 Å². The van der Waals surface area contributed by atoms with Crippen LogP contribution in [-0.4, -0.2) is 28.1 Å². The van der Waals surface area contributed by atoms with Crippen LogP contribution in [0.3, 0.4) is 0 Å². The van der Waals surface area contributed by atoms with Gasteiger partial charge in [0.15, 0.2) is 12.4 Å². The highest BCUT2D eigenvalue weighted by Gasteiger charge is 2.19. The highest BCUT2D eigenvalue weighted by atomic mass is 32.1. The number of aromatic nitrogens is 2. The smallest absolute Gasteiger partial charge is 0.348 e. The lowest BCUT2D eigenvalue weighted by Crippen LogP contribution is -2.13. The number of esters is 1. The van der Waals surface area contributed by atoms with Gasteiger partial charge in [-0.05, 0) is 49.2 Å². The van der Waals surface area contributed by atoms with E-state index in [-0.39, 0.29) is 18.2 Å². The van der Waals surface area contributed by atoms with Crippen LogP contribution in [-0.2, 0) is 11.2 Å². The molecule has 0 spiro atoms. The number of fused-ring (bicyclic) bond motifs is 1. The fourth-order valence-corrected chi connectivity index (χ4v) is 4.19. The standard InChI is InChI=1S/C23H19FN2O3S/c1-3-15-4-6-16(7-5-15)20(27)13-29-23(28)21-12-19-14(2)25-26(22(19)30-21)18-10-8-17(24)9-11-18/h4-12H,3,13H2,1-2H3. The molecule has 0 N–H and O–H groups in total. The van der Waals surface area contributed by atoms with Crippen molar-refractivity contribution in [2.45, 2.75) is 20.3 Å². The van der Waals surface area contributed by atoms with Gasteiger partial charge in [-0.3, -0.25) is 4.79 Å². The van der Waals surface area contributed by atoms with E-state index in [0.29, 0.717) is 16.1 Å². The third kappa shape index (κ3) is 3.89. The highest BCUT2D eigenvalue weighted by molar-refractivity contribution is 7.20. The Morgan fingerprint density at radius 3 is 2.47 bits per heavy atom. The maximum atomic E-state index is 13.2. The third-order valence-electron chi connectivity index (χ3n) is 4.84. The summed E-state index contributed by atoms with van der Waals surface area (Å²) < 4.78 is 20.1. The molecule has 4 rings (SSSR count). The van der Waals surface area contributed by atoms with Crippen LogP contribution in [0.5, 0.6) is 0 Å². The Balaban J connectivity index is 1.51. The molecule has 0 aliphatic heterocycles. The molecule has 0 amide bonds. The zero-order chi connectivity index (χ0) is 21.3. The number of rotatable bonds is 6. The summed E-state index contributed by atoms with van der Waals surface area (Å²) >= 11 is 1.23. The quantitative estimate of drug-likeness (QED) is 0.319. The fourth-order valence-electron chi connectivity index (χ4n) is 3.12. The lowest BCUT2D eigenvalue weighted by Gasteiger charge is -2.04. The van der Waals surface area contributed by atoms with E-state index in [0.717, 1.165) is 27.9 Å². The molecule has 152 valence electrons. The molecular formula is C23H19FN2O3S. The zero-order valence-electron chi connectivity index (χ0n) is 16.5. The molecule has 0 aliphatic rings. The van der Waals surface area contributed by atoms with E-state index in [9.17, 15) is 14.0 Å². The van der Waals surface area contributed by atoms with E-state index in [1.807, 2.05) is 26.0 Å². The Kier molecular flexibility index (Phi) is 5.46. The van der Waals surface area contributed by atoms with Crippen LogP contribution in [0.15, 0.2) is 54.6 Å². The lowest BCUT2D eigenvalue weighted by molar-refractivity contribution is 0.0479. The normalized spacial score (nSPS) is 11.0. The van der Waals surface area contributed by atoms with Crippen LogP contribution in [0.1, 0.15) is 38.2 Å². The molecule has 0 saturated heterocycles. The molecule has 2 aromatic heterocycles. The number of hydrogen-bond donors (Lipinski definition) is 0. The summed E-state index contributed by atoms with van der Waals surface area (Å²) in [5.74, 6) is -1.14. The molecule has 0 bridgehead atoms. The first-order valence-electron chi connectivity index (χ1n) is 9.50. The van der Waals surface area contributed by atoms with Crippen molar-refractivity contribution in [2.24, 2.45) is 0 Å². The third-order valence-corrected chi connectivity index (χ3v) is 5.93. The summed E-state index contributed by atoms with van der Waals surface area (Å²) in [6.07, 6.45) is 0.893. The summed E-state index contributed by atoms with van der Waals surface area (Å²) in [7, 11) is 0. The predicted molar refractivity (Wildman–Crippen MR) is 114 cm³/mol. The van der Waals surface area contributed by atoms with Crippen LogP contribution < -0.4 is 0 Å². The first-order chi connectivity index (χ1) is 14.5. The molecular weight excluding hydrogens is 403 g/mol. The van der Waals surface area contributed by atoms with Gasteiger partial charge in [0.05, 0.1) is 11.4 Å². The molecule has 7 heteroatoms. The van der Waals surface area contributed by atoms with Crippen LogP contribution in [0, 0.1) is 12.7 Å². The first-order valence-corrected chi connectivity index (χ1v) is 10.3. The van der Waals surface area contributed by atoms with Crippen molar-refractivity contribution in [3.05, 3.63) is 82.1 Å². The topological polar surface area (TPSA) is 61.2 Å². The minimum Gasteiger partial charge on any atom is -0.453 e. The maximum absolute atomic E-state index is 13.2. The van der Waals surface area contributed by atoms with Crippen molar-refractivity contribution in [1.29, 1.82) is 0 Å². The van der Waals surface area contributed by atoms with Crippen LogP contribution in [0.2, 0.25) is 0 Å². The predicted octanol–water partition coefficient (Wildman–Crippen LogP) is 5.14. The Labute approximate surface area is 176 Å². The second kappa shape index (κ2) is 8.20. The molecule has 0 aliphatic carbocycles. The molecule has 30 heavy (non-hydrogen) atoms. The zero-order valence-corrected chi connectivity index (χ0v) is 17.3. The van der Waals surface area contributed by atoms with E-state index in [1.165, 1.54) is 23.5 Å². The van der Waals surface area contributed by atoms with Crippen LogP contribution in [0.4, 0.5) is 4.39 Å². The Bertz CT molecular complexity index is 1220. The van der Waals surface area contributed by atoms with Crippen LogP contribution >= 0.6 is 11.3 Å². The van der Waals surface area contributed by atoms with Gasteiger partial charge in [0.2, 0.25) is 0 Å². The lowest BCUT2D eigenvalue weighted by atomic mass is 10.1. The minimum absolute atomic E-state index is 0.249. The maximum Gasteiger partial charge on any atom is 0.348 e. The molecule has 2 aromatic carbocycles. The van der Waals surface area contributed by atoms with Crippen molar-refractivity contribution < 1.29 is 18.7 Å². The molecule has 0 saturated carbocycles. The number of hydrogen-bond acceptors (Lipinski definition) is 5. The summed E-state index contributed by atoms with van der Waals surface area (Å²) in [5, 5.41) is 5.29. The Hall–Kier alpha value is -3.32. The number of thiophene rings is 1. The van der Waals surface area contributed by atoms with Gasteiger partial charge in [0, 0.05) is 10.9 Å². The number of halogens is 1. The number of carbonyl (C=O) groups is 2. The average Bonchev–Trinajstić information content (AvgIpc) is 3.33. The summed E-state index contributed by atoms with van der Waals surface area (Å²) in [6.45, 7) is 3.57. The van der Waals surface area contributed by atoms with E-state index < -0.39 is 5.97 Å². The minimum atomic E-state index is -0.556. The van der Waals surface area contributed by atoms with Crippen molar-refractivity contribution in [3.8, 4) is 5.69 Å². The van der Waals surface area contributed by atoms with Gasteiger partial charge in [0.25, 0.3) is 0 Å². The number of nitrogens with zero attached hydrogens (tertiary/aromatic N) is 2. The molecule has 5 nitrogen and oxygen atoms in total. The van der Waals surface area contributed by atoms with Crippen molar-refractivity contribution in [1.82, 2.24) is 9.78 Å². The van der Waals surface area contributed by atoms with Gasteiger partial charge in [-0.2, -0.15) is 5.10 Å². The van der Waals surface area contributed by atoms with Crippen molar-refractivity contribution in [3.63, 3.8) is 0 Å². The summed E-state index contributed by atoms with van der Waals surface area (Å²) in [5.41, 5.74) is 3.09. The molecule has 0 atom stereocenters. The van der Waals surface area contributed by atoms with Crippen molar-refractivity contribution in [2.75, 3.05) is 6.61 Å². The van der Waals surface area contributed by atoms with E-state index >= 15 is 0 Å². The monoisotopic (exact) mass is 422 g/mol.